The highest BCUT2D eigenvalue weighted by Crippen LogP contribution is 2.22. The minimum atomic E-state index is -3.67. The standard InChI is InChI=1S/C17H18N2O4S/c1-13-3-2-4-14(11-13)18-24(21,22)16-7-5-15(6-8-16)19-9-10-23-12-17(19)20/h2-8,11,18H,9-10,12H2,1H3. The van der Waals surface area contributed by atoms with Crippen molar-refractivity contribution in [3.05, 3.63) is 54.1 Å². The van der Waals surface area contributed by atoms with E-state index in [-0.39, 0.29) is 17.4 Å². The first-order valence-corrected chi connectivity index (χ1v) is 9.02. The molecule has 6 nitrogen and oxygen atoms in total. The molecule has 0 aliphatic carbocycles. The van der Waals surface area contributed by atoms with Crippen molar-refractivity contribution in [3.8, 4) is 0 Å². The number of nitrogens with one attached hydrogen (secondary N) is 1. The number of anilines is 2. The molecule has 7 heteroatoms. The predicted molar refractivity (Wildman–Crippen MR) is 91.6 cm³/mol. The molecule has 0 spiro atoms. The van der Waals surface area contributed by atoms with E-state index in [1.807, 2.05) is 13.0 Å². The normalized spacial score (nSPS) is 15.4. The second-order valence-corrected chi connectivity index (χ2v) is 7.25. The maximum atomic E-state index is 12.5. The zero-order chi connectivity index (χ0) is 17.2. The molecule has 2 aromatic rings. The van der Waals surface area contributed by atoms with Crippen molar-refractivity contribution in [2.75, 3.05) is 29.4 Å². The first-order chi connectivity index (χ1) is 11.5. The lowest BCUT2D eigenvalue weighted by Crippen LogP contribution is -2.41. The van der Waals surface area contributed by atoms with Gasteiger partial charge in [0.25, 0.3) is 15.9 Å². The van der Waals surface area contributed by atoms with Gasteiger partial charge < -0.3 is 9.64 Å². The van der Waals surface area contributed by atoms with E-state index in [1.54, 1.807) is 35.2 Å². The van der Waals surface area contributed by atoms with E-state index < -0.39 is 10.0 Å². The summed E-state index contributed by atoms with van der Waals surface area (Å²) in [4.78, 5) is 13.6. The van der Waals surface area contributed by atoms with Gasteiger partial charge in [-0.15, -0.1) is 0 Å². The highest BCUT2D eigenvalue weighted by molar-refractivity contribution is 7.92. The number of aryl methyl sites for hydroxylation is 1. The van der Waals surface area contributed by atoms with Crippen LogP contribution in [0.4, 0.5) is 11.4 Å². The van der Waals surface area contributed by atoms with Gasteiger partial charge in [-0.1, -0.05) is 12.1 Å². The van der Waals surface area contributed by atoms with Crippen LogP contribution < -0.4 is 9.62 Å². The second-order valence-electron chi connectivity index (χ2n) is 5.57. The number of rotatable bonds is 4. The Morgan fingerprint density at radius 1 is 1.12 bits per heavy atom. The Balaban J connectivity index is 1.80. The van der Waals surface area contributed by atoms with Crippen LogP contribution in [-0.4, -0.2) is 34.1 Å². The molecule has 1 saturated heterocycles. The minimum absolute atomic E-state index is 0.0506. The van der Waals surface area contributed by atoms with E-state index in [1.165, 1.54) is 12.1 Å². The zero-order valence-corrected chi connectivity index (χ0v) is 14.0. The molecule has 0 saturated carbocycles. The summed E-state index contributed by atoms with van der Waals surface area (Å²) in [6.45, 7) is 2.88. The monoisotopic (exact) mass is 346 g/mol. The fourth-order valence-corrected chi connectivity index (χ4v) is 3.57. The van der Waals surface area contributed by atoms with Gasteiger partial charge in [0.2, 0.25) is 0 Å². The van der Waals surface area contributed by atoms with Crippen LogP contribution in [0.25, 0.3) is 0 Å². The Bertz CT molecular complexity index is 847. The van der Waals surface area contributed by atoms with Gasteiger partial charge in [-0.25, -0.2) is 8.42 Å². The van der Waals surface area contributed by atoms with E-state index in [9.17, 15) is 13.2 Å². The molecular formula is C17H18N2O4S. The molecule has 2 aromatic carbocycles. The van der Waals surface area contributed by atoms with Gasteiger partial charge in [0.15, 0.2) is 0 Å². The Labute approximate surface area is 141 Å². The molecule has 0 atom stereocenters. The van der Waals surface area contributed by atoms with Gasteiger partial charge >= 0.3 is 0 Å². The van der Waals surface area contributed by atoms with Crippen LogP contribution >= 0.6 is 0 Å². The first-order valence-electron chi connectivity index (χ1n) is 7.53. The van der Waals surface area contributed by atoms with Crippen molar-refractivity contribution < 1.29 is 17.9 Å². The molecule has 126 valence electrons. The van der Waals surface area contributed by atoms with Gasteiger partial charge in [-0.3, -0.25) is 9.52 Å². The summed E-state index contributed by atoms with van der Waals surface area (Å²) in [6, 6.07) is 13.4. The molecule has 1 fully saturated rings. The topological polar surface area (TPSA) is 75.7 Å². The second kappa shape index (κ2) is 6.62. The van der Waals surface area contributed by atoms with Crippen molar-refractivity contribution in [3.63, 3.8) is 0 Å². The molecule has 1 N–H and O–H groups in total. The lowest BCUT2D eigenvalue weighted by Gasteiger charge is -2.26. The highest BCUT2D eigenvalue weighted by Gasteiger charge is 2.21. The Hall–Kier alpha value is -2.38. The number of nitrogens with zero attached hydrogens (tertiary/aromatic N) is 1. The summed E-state index contributed by atoms with van der Waals surface area (Å²) in [6.07, 6.45) is 0. The van der Waals surface area contributed by atoms with Crippen molar-refractivity contribution in [1.82, 2.24) is 0 Å². The lowest BCUT2D eigenvalue weighted by molar-refractivity contribution is -0.125. The highest BCUT2D eigenvalue weighted by atomic mass is 32.2. The van der Waals surface area contributed by atoms with Crippen molar-refractivity contribution in [2.24, 2.45) is 0 Å². The van der Waals surface area contributed by atoms with Gasteiger partial charge in [0.1, 0.15) is 6.61 Å². The molecule has 0 aromatic heterocycles. The van der Waals surface area contributed by atoms with Crippen LogP contribution in [0.5, 0.6) is 0 Å². The molecule has 1 heterocycles. The average Bonchev–Trinajstić information content (AvgIpc) is 2.55. The molecule has 0 unspecified atom stereocenters. The van der Waals surface area contributed by atoms with Crippen molar-refractivity contribution >= 4 is 27.3 Å². The molecule has 0 bridgehead atoms. The Morgan fingerprint density at radius 2 is 1.88 bits per heavy atom. The molecule has 0 radical (unpaired) electrons. The minimum Gasteiger partial charge on any atom is -0.370 e. The fraction of sp³-hybridized carbons (Fsp3) is 0.235. The summed E-state index contributed by atoms with van der Waals surface area (Å²) < 4.78 is 32.6. The Kier molecular flexibility index (Phi) is 4.55. The fourth-order valence-electron chi connectivity index (χ4n) is 2.52. The van der Waals surface area contributed by atoms with E-state index in [0.717, 1.165) is 5.56 Å². The smallest absolute Gasteiger partial charge is 0.261 e. The van der Waals surface area contributed by atoms with Crippen LogP contribution in [0.2, 0.25) is 0 Å². The van der Waals surface area contributed by atoms with Crippen molar-refractivity contribution in [1.29, 1.82) is 0 Å². The van der Waals surface area contributed by atoms with Crippen LogP contribution in [0, 0.1) is 6.92 Å². The third-order valence-corrected chi connectivity index (χ3v) is 5.11. The van der Waals surface area contributed by atoms with E-state index in [0.29, 0.717) is 24.5 Å². The molecule has 3 rings (SSSR count). The number of carbonyl (C=O) groups excluding carboxylic acids is 1. The number of sulfonamides is 1. The number of amides is 1. The third-order valence-electron chi connectivity index (χ3n) is 3.71. The van der Waals surface area contributed by atoms with E-state index in [2.05, 4.69) is 4.72 Å². The maximum absolute atomic E-state index is 12.5. The number of morpholine rings is 1. The van der Waals surface area contributed by atoms with Gasteiger partial charge in [0.05, 0.1) is 11.5 Å². The van der Waals surface area contributed by atoms with Crippen LogP contribution in [-0.2, 0) is 19.6 Å². The summed E-state index contributed by atoms with van der Waals surface area (Å²) in [5.41, 5.74) is 2.15. The summed E-state index contributed by atoms with van der Waals surface area (Å²) >= 11 is 0. The summed E-state index contributed by atoms with van der Waals surface area (Å²) in [5.74, 6) is -0.130. The number of hydrogen-bond donors (Lipinski definition) is 1. The van der Waals surface area contributed by atoms with Crippen LogP contribution in [0.15, 0.2) is 53.4 Å². The average molecular weight is 346 g/mol. The van der Waals surface area contributed by atoms with Gasteiger partial charge in [0, 0.05) is 17.9 Å². The zero-order valence-electron chi connectivity index (χ0n) is 13.2. The van der Waals surface area contributed by atoms with Gasteiger partial charge in [-0.05, 0) is 48.9 Å². The molecule has 1 amide bonds. The first kappa shape index (κ1) is 16.5. The van der Waals surface area contributed by atoms with E-state index >= 15 is 0 Å². The molecule has 1 aliphatic heterocycles. The van der Waals surface area contributed by atoms with Gasteiger partial charge in [-0.2, -0.15) is 0 Å². The summed E-state index contributed by atoms with van der Waals surface area (Å²) in [5, 5.41) is 0. The van der Waals surface area contributed by atoms with Crippen molar-refractivity contribution in [2.45, 2.75) is 11.8 Å². The number of benzene rings is 2. The maximum Gasteiger partial charge on any atom is 0.261 e. The lowest BCUT2D eigenvalue weighted by atomic mass is 10.2. The number of carbonyl (C=O) groups is 1. The van der Waals surface area contributed by atoms with Crippen LogP contribution in [0.1, 0.15) is 5.56 Å². The molecular weight excluding hydrogens is 328 g/mol. The Morgan fingerprint density at radius 3 is 2.54 bits per heavy atom. The SMILES string of the molecule is Cc1cccc(NS(=O)(=O)c2ccc(N3CCOCC3=O)cc2)c1. The van der Waals surface area contributed by atoms with E-state index in [4.69, 9.17) is 4.74 Å². The predicted octanol–water partition coefficient (Wildman–Crippen LogP) is 2.16. The van der Waals surface area contributed by atoms with Crippen LogP contribution in [0.3, 0.4) is 0 Å². The summed E-state index contributed by atoms with van der Waals surface area (Å²) in [7, 11) is -3.67. The molecule has 24 heavy (non-hydrogen) atoms. The molecule has 1 aliphatic rings. The largest absolute Gasteiger partial charge is 0.370 e. The number of hydrogen-bond acceptors (Lipinski definition) is 4. The number of ether oxygens (including phenoxy) is 1. The third kappa shape index (κ3) is 3.58. The quantitative estimate of drug-likeness (QED) is 0.920.